The first-order valence-corrected chi connectivity index (χ1v) is 11.7. The number of amides is 2. The number of halogens is 1. The van der Waals surface area contributed by atoms with Crippen molar-refractivity contribution in [2.75, 3.05) is 12.3 Å². The molecule has 0 bridgehead atoms. The number of anilines is 1. The molecule has 1 atom stereocenters. The maximum Gasteiger partial charge on any atom is 0.328 e. The largest absolute Gasteiger partial charge is 0.464 e. The number of hydrogen-bond acceptors (Lipinski definition) is 7. The highest BCUT2D eigenvalue weighted by atomic mass is 79.9. The second kappa shape index (κ2) is 9.75. The molecule has 1 saturated heterocycles. The zero-order chi connectivity index (χ0) is 24.4. The smallest absolute Gasteiger partial charge is 0.328 e. The summed E-state index contributed by atoms with van der Waals surface area (Å²) < 4.78 is 9.44. The maximum atomic E-state index is 12.8. The number of esters is 1. The normalized spacial score (nSPS) is 15.4. The minimum atomic E-state index is -0.624. The SMILES string of the molecule is CCn1c(CNC(=O)c2nc(Br)cnc2N)[n+](CC)c2ccc(C(=O)N[C@H]3CCOC3=O)cc21. The van der Waals surface area contributed by atoms with Crippen molar-refractivity contribution in [3.8, 4) is 0 Å². The fraction of sp³-hybridized carbons (Fsp3) is 0.364. The van der Waals surface area contributed by atoms with Crippen LogP contribution in [0.3, 0.4) is 0 Å². The van der Waals surface area contributed by atoms with Crippen LogP contribution in [0.25, 0.3) is 11.0 Å². The molecule has 0 aliphatic carbocycles. The summed E-state index contributed by atoms with van der Waals surface area (Å²) in [6.07, 6.45) is 1.89. The second-order valence-electron chi connectivity index (χ2n) is 7.70. The van der Waals surface area contributed by atoms with Crippen LogP contribution in [0.15, 0.2) is 29.0 Å². The van der Waals surface area contributed by atoms with Crippen LogP contribution in [0.5, 0.6) is 0 Å². The lowest BCUT2D eigenvalue weighted by atomic mass is 10.1. The Morgan fingerprint density at radius 2 is 2.12 bits per heavy atom. The van der Waals surface area contributed by atoms with Crippen molar-refractivity contribution in [2.24, 2.45) is 0 Å². The van der Waals surface area contributed by atoms with Gasteiger partial charge in [-0.1, -0.05) is 0 Å². The lowest BCUT2D eigenvalue weighted by molar-refractivity contribution is -0.676. The Hall–Kier alpha value is -3.54. The molecule has 1 aliphatic rings. The highest BCUT2D eigenvalue weighted by molar-refractivity contribution is 9.10. The first-order valence-electron chi connectivity index (χ1n) is 10.9. The predicted molar refractivity (Wildman–Crippen MR) is 126 cm³/mol. The quantitative estimate of drug-likeness (QED) is 0.306. The summed E-state index contributed by atoms with van der Waals surface area (Å²) in [5.74, 6) is -0.292. The second-order valence-corrected chi connectivity index (χ2v) is 8.51. The average Bonchev–Trinajstić information content (AvgIpc) is 3.37. The molecule has 0 unspecified atom stereocenters. The summed E-state index contributed by atoms with van der Waals surface area (Å²) in [7, 11) is 0. The fourth-order valence-electron chi connectivity index (χ4n) is 4.09. The summed E-state index contributed by atoms with van der Waals surface area (Å²) in [4.78, 5) is 45.3. The van der Waals surface area contributed by atoms with E-state index in [2.05, 4.69) is 41.1 Å². The van der Waals surface area contributed by atoms with Gasteiger partial charge in [0, 0.05) is 18.1 Å². The monoisotopic (exact) mass is 530 g/mol. The van der Waals surface area contributed by atoms with Crippen molar-refractivity contribution in [1.29, 1.82) is 0 Å². The lowest BCUT2D eigenvalue weighted by Gasteiger charge is -2.08. The molecule has 3 heterocycles. The Morgan fingerprint density at radius 3 is 2.79 bits per heavy atom. The number of nitrogens with two attached hydrogens (primary N) is 1. The van der Waals surface area contributed by atoms with Gasteiger partial charge in [-0.2, -0.15) is 0 Å². The van der Waals surface area contributed by atoms with E-state index in [1.165, 1.54) is 6.20 Å². The number of imidazole rings is 1. The molecular formula is C22H25BrN7O4+. The molecule has 4 N–H and O–H groups in total. The molecule has 178 valence electrons. The molecule has 1 fully saturated rings. The van der Waals surface area contributed by atoms with Gasteiger partial charge in [-0.05, 0) is 41.9 Å². The van der Waals surface area contributed by atoms with Gasteiger partial charge in [0.1, 0.15) is 17.2 Å². The number of nitrogens with one attached hydrogen (secondary N) is 2. The number of ether oxygens (including phenoxy) is 1. The van der Waals surface area contributed by atoms with Crippen LogP contribution in [0.2, 0.25) is 0 Å². The number of benzene rings is 1. The van der Waals surface area contributed by atoms with Gasteiger partial charge in [0.15, 0.2) is 22.5 Å². The Labute approximate surface area is 203 Å². The number of fused-ring (bicyclic) bond motifs is 1. The molecule has 1 aliphatic heterocycles. The summed E-state index contributed by atoms with van der Waals surface area (Å²) >= 11 is 3.20. The Bertz CT molecular complexity index is 1290. The number of cyclic esters (lactones) is 1. The average molecular weight is 531 g/mol. The third-order valence-corrected chi connectivity index (χ3v) is 6.09. The van der Waals surface area contributed by atoms with Crippen molar-refractivity contribution in [3.63, 3.8) is 0 Å². The fourth-order valence-corrected chi connectivity index (χ4v) is 4.36. The molecule has 0 spiro atoms. The van der Waals surface area contributed by atoms with Crippen molar-refractivity contribution in [1.82, 2.24) is 25.2 Å². The van der Waals surface area contributed by atoms with E-state index in [0.717, 1.165) is 16.9 Å². The van der Waals surface area contributed by atoms with Crippen molar-refractivity contribution in [2.45, 2.75) is 45.9 Å². The summed E-state index contributed by atoms with van der Waals surface area (Å²) in [6, 6.07) is 4.77. The zero-order valence-corrected chi connectivity index (χ0v) is 20.4. The molecule has 34 heavy (non-hydrogen) atoms. The summed E-state index contributed by atoms with van der Waals surface area (Å²) in [5.41, 5.74) is 8.06. The van der Waals surface area contributed by atoms with E-state index in [0.29, 0.717) is 36.3 Å². The third-order valence-electron chi connectivity index (χ3n) is 5.71. The van der Waals surface area contributed by atoms with Gasteiger partial charge in [-0.25, -0.2) is 23.9 Å². The zero-order valence-electron chi connectivity index (χ0n) is 18.8. The molecular weight excluding hydrogens is 506 g/mol. The number of carbonyl (C=O) groups is 3. The van der Waals surface area contributed by atoms with Crippen LogP contribution in [0.1, 0.15) is 46.9 Å². The molecule has 12 heteroatoms. The molecule has 1 aromatic carbocycles. The van der Waals surface area contributed by atoms with E-state index in [1.54, 1.807) is 12.1 Å². The van der Waals surface area contributed by atoms with E-state index in [-0.39, 0.29) is 24.0 Å². The number of aromatic nitrogens is 4. The minimum Gasteiger partial charge on any atom is -0.464 e. The Kier molecular flexibility index (Phi) is 6.77. The van der Waals surface area contributed by atoms with Crippen LogP contribution < -0.4 is 20.9 Å². The maximum absolute atomic E-state index is 12.8. The van der Waals surface area contributed by atoms with Gasteiger partial charge >= 0.3 is 5.97 Å². The Balaban J connectivity index is 1.62. The van der Waals surface area contributed by atoms with Gasteiger partial charge < -0.3 is 21.1 Å². The topological polar surface area (TPSA) is 145 Å². The van der Waals surface area contributed by atoms with Crippen LogP contribution >= 0.6 is 15.9 Å². The molecule has 0 radical (unpaired) electrons. The van der Waals surface area contributed by atoms with E-state index >= 15 is 0 Å². The molecule has 4 rings (SSSR count). The van der Waals surface area contributed by atoms with Crippen LogP contribution in [0.4, 0.5) is 5.82 Å². The van der Waals surface area contributed by atoms with Crippen LogP contribution in [-0.2, 0) is 29.2 Å². The minimum absolute atomic E-state index is 0.0426. The predicted octanol–water partition coefficient (Wildman–Crippen LogP) is 1.08. The first-order chi connectivity index (χ1) is 16.3. The van der Waals surface area contributed by atoms with Gasteiger partial charge in [0.2, 0.25) is 0 Å². The third kappa shape index (κ3) is 4.45. The number of rotatable bonds is 7. The number of nitrogens with zero attached hydrogens (tertiary/aromatic N) is 4. The van der Waals surface area contributed by atoms with Gasteiger partial charge in [0.05, 0.1) is 25.9 Å². The van der Waals surface area contributed by atoms with E-state index in [4.69, 9.17) is 10.5 Å². The van der Waals surface area contributed by atoms with Gasteiger partial charge in [0.25, 0.3) is 17.6 Å². The van der Waals surface area contributed by atoms with E-state index < -0.39 is 17.9 Å². The van der Waals surface area contributed by atoms with Gasteiger partial charge in [-0.15, -0.1) is 0 Å². The molecule has 2 aromatic heterocycles. The van der Waals surface area contributed by atoms with Crippen molar-refractivity contribution < 1.29 is 23.7 Å². The number of carbonyl (C=O) groups excluding carboxylic acids is 3. The highest BCUT2D eigenvalue weighted by Gasteiger charge is 2.29. The molecule has 3 aromatic rings. The number of aryl methyl sites for hydroxylation is 2. The van der Waals surface area contributed by atoms with E-state index in [9.17, 15) is 14.4 Å². The van der Waals surface area contributed by atoms with Crippen molar-refractivity contribution in [3.05, 3.63) is 46.1 Å². The van der Waals surface area contributed by atoms with Crippen LogP contribution in [0, 0.1) is 0 Å². The highest BCUT2D eigenvalue weighted by Crippen LogP contribution is 2.19. The summed E-state index contributed by atoms with van der Waals surface area (Å²) in [6.45, 7) is 5.81. The number of nitrogen functional groups attached to an aromatic ring is 1. The standard InChI is InChI=1S/C22H24BrN7O4/c1-3-29-14-6-5-12(20(31)27-13-7-8-34-22(13)33)9-15(14)30(4-2)17(29)11-26-21(32)18-19(24)25-10-16(23)28-18/h5-6,9-10,13H,3-4,7-8,11H2,1-2H3,(H3-,24,25,26,27,31,32)/p+1/t13-/m0/s1. The molecule has 2 amide bonds. The molecule has 0 saturated carbocycles. The van der Waals surface area contributed by atoms with E-state index in [1.807, 2.05) is 24.5 Å². The van der Waals surface area contributed by atoms with Crippen molar-refractivity contribution >= 4 is 50.6 Å². The molecule has 11 nitrogen and oxygen atoms in total. The first kappa shape index (κ1) is 23.6. The Morgan fingerprint density at radius 1 is 1.32 bits per heavy atom. The summed E-state index contributed by atoms with van der Waals surface area (Å²) in [5, 5.41) is 5.61. The lowest BCUT2D eigenvalue weighted by Crippen LogP contribution is -2.40. The van der Waals surface area contributed by atoms with Gasteiger partial charge in [-0.3, -0.25) is 9.59 Å². The number of hydrogen-bond donors (Lipinski definition) is 3. The van der Waals surface area contributed by atoms with Crippen LogP contribution in [-0.4, -0.2) is 45.0 Å².